The van der Waals surface area contributed by atoms with Crippen molar-refractivity contribution in [2.24, 2.45) is 0 Å². The highest BCUT2D eigenvalue weighted by atomic mass is 16.7. The van der Waals surface area contributed by atoms with Crippen LogP contribution in [0.5, 0.6) is 23.0 Å². The Morgan fingerprint density at radius 2 is 1.15 bits per heavy atom. The van der Waals surface area contributed by atoms with Gasteiger partial charge < -0.3 is 70.0 Å². The van der Waals surface area contributed by atoms with Gasteiger partial charge in [0.05, 0.1) is 13.2 Å². The molecule has 0 unspecified atom stereocenters. The van der Waals surface area contributed by atoms with Gasteiger partial charge in [-0.3, -0.25) is 0 Å². The second-order valence-corrected chi connectivity index (χ2v) is 10.3. The van der Waals surface area contributed by atoms with Gasteiger partial charge in [0.15, 0.2) is 0 Å². The van der Waals surface area contributed by atoms with Crippen molar-refractivity contribution in [2.75, 3.05) is 13.2 Å². The van der Waals surface area contributed by atoms with Gasteiger partial charge in [-0.25, -0.2) is 0 Å². The van der Waals surface area contributed by atoms with E-state index in [2.05, 4.69) is 0 Å². The van der Waals surface area contributed by atoms with Crippen molar-refractivity contribution in [1.29, 1.82) is 0 Å². The molecule has 10 N–H and O–H groups in total. The van der Waals surface area contributed by atoms with Crippen LogP contribution in [0.15, 0.2) is 24.3 Å². The van der Waals surface area contributed by atoms with Gasteiger partial charge in [0, 0.05) is 23.6 Å². The Morgan fingerprint density at radius 1 is 0.634 bits per heavy atom. The molecule has 2 heterocycles. The van der Waals surface area contributed by atoms with E-state index < -0.39 is 74.6 Å². The van der Waals surface area contributed by atoms with Gasteiger partial charge in [-0.1, -0.05) is 0 Å². The number of benzene rings is 2. The molecule has 0 radical (unpaired) electrons. The summed E-state index contributed by atoms with van der Waals surface area (Å²) in [4.78, 5) is 0. The Hall–Kier alpha value is -2.76. The first-order valence-electron chi connectivity index (χ1n) is 13.0. The van der Waals surface area contributed by atoms with Crippen molar-refractivity contribution in [2.45, 2.75) is 81.7 Å². The molecule has 14 nitrogen and oxygen atoms in total. The summed E-state index contributed by atoms with van der Waals surface area (Å²) in [5.74, 6) is -0.389. The summed E-state index contributed by atoms with van der Waals surface area (Å²) in [7, 11) is 0. The lowest BCUT2D eigenvalue weighted by Crippen LogP contribution is -2.60. The first kappa shape index (κ1) is 31.2. The molecule has 0 spiro atoms. The molecule has 0 saturated carbocycles. The maximum absolute atomic E-state index is 10.9. The second kappa shape index (κ2) is 12.6. The van der Waals surface area contributed by atoms with Crippen molar-refractivity contribution in [3.8, 4) is 23.0 Å². The minimum atomic E-state index is -1.68. The highest BCUT2D eigenvalue weighted by Crippen LogP contribution is 2.38. The van der Waals surface area contributed by atoms with Crippen molar-refractivity contribution in [3.63, 3.8) is 0 Å². The van der Waals surface area contributed by atoms with Crippen molar-refractivity contribution < 1.29 is 70.0 Å². The van der Waals surface area contributed by atoms with Crippen molar-refractivity contribution in [3.05, 3.63) is 46.5 Å². The molecule has 0 aliphatic carbocycles. The molecule has 2 aliphatic heterocycles. The van der Waals surface area contributed by atoms with Gasteiger partial charge in [0.2, 0.25) is 12.6 Å². The largest absolute Gasteiger partial charge is 0.508 e. The van der Waals surface area contributed by atoms with Crippen molar-refractivity contribution in [1.82, 2.24) is 0 Å². The lowest BCUT2D eigenvalue weighted by atomic mass is 9.96. The summed E-state index contributed by atoms with van der Waals surface area (Å²) < 4.78 is 22.2. The van der Waals surface area contributed by atoms with Gasteiger partial charge >= 0.3 is 0 Å². The van der Waals surface area contributed by atoms with Gasteiger partial charge in [0.25, 0.3) is 0 Å². The molecule has 4 rings (SSSR count). The molecular formula is C27H36O14. The van der Waals surface area contributed by atoms with Gasteiger partial charge in [0.1, 0.15) is 71.8 Å². The highest BCUT2D eigenvalue weighted by Gasteiger charge is 2.46. The van der Waals surface area contributed by atoms with E-state index in [4.69, 9.17) is 18.9 Å². The van der Waals surface area contributed by atoms with E-state index in [-0.39, 0.29) is 35.0 Å². The van der Waals surface area contributed by atoms with E-state index in [0.29, 0.717) is 16.7 Å². The van der Waals surface area contributed by atoms with Crippen LogP contribution in [0.25, 0.3) is 0 Å². The van der Waals surface area contributed by atoms with Crippen LogP contribution in [0.2, 0.25) is 0 Å². The minimum Gasteiger partial charge on any atom is -0.508 e. The van der Waals surface area contributed by atoms with Gasteiger partial charge in [-0.05, 0) is 43.2 Å². The molecule has 2 aliphatic rings. The number of ether oxygens (including phenoxy) is 4. The molecular weight excluding hydrogens is 548 g/mol. The van der Waals surface area contributed by atoms with Crippen LogP contribution in [-0.4, -0.2) is 126 Å². The zero-order valence-electron chi connectivity index (χ0n) is 22.3. The van der Waals surface area contributed by atoms with E-state index in [0.717, 1.165) is 0 Å². The summed E-state index contributed by atoms with van der Waals surface area (Å²) in [5, 5.41) is 101. The fourth-order valence-corrected chi connectivity index (χ4v) is 4.88. The number of phenols is 2. The smallest absolute Gasteiger partial charge is 0.229 e. The van der Waals surface area contributed by atoms with Crippen LogP contribution in [0.3, 0.4) is 0 Å². The SMILES string of the molecule is Cc1cc(O)c(Cc2c(C)cc(O[C@H]3O[C@H](CO)[C@@H](O)[C@H](O)[C@H]3O)cc2O)c(O[C@H]2O[C@H](CO)[C@@H](O)[C@H](O)[C@H]2O)c1. The van der Waals surface area contributed by atoms with Crippen molar-refractivity contribution >= 4 is 0 Å². The topological polar surface area (TPSA) is 239 Å². The average Bonchev–Trinajstić information content (AvgIpc) is 2.92. The lowest BCUT2D eigenvalue weighted by Gasteiger charge is -2.39. The first-order valence-corrected chi connectivity index (χ1v) is 13.0. The van der Waals surface area contributed by atoms with Gasteiger partial charge in [-0.15, -0.1) is 0 Å². The molecule has 2 aromatic rings. The monoisotopic (exact) mass is 584 g/mol. The predicted octanol–water partition coefficient (Wildman–Crippen LogP) is -2.34. The number of hydrogen-bond acceptors (Lipinski definition) is 14. The second-order valence-electron chi connectivity index (χ2n) is 10.3. The summed E-state index contributed by atoms with van der Waals surface area (Å²) in [6.07, 6.45) is -15.2. The highest BCUT2D eigenvalue weighted by molar-refractivity contribution is 5.54. The number of phenolic OH excluding ortho intramolecular Hbond substituents is 2. The number of aromatic hydroxyl groups is 2. The molecule has 10 atom stereocenters. The standard InChI is InChI=1S/C27H36O14/c1-10-3-15(30)14(17(4-10)39-27-25(37)23(35)21(33)19(9-29)41-27)7-13-11(2)5-12(6-16(13)31)38-26-24(36)22(34)20(32)18(8-28)40-26/h3-6,18-37H,7-9H2,1-2H3/t18-,19-,20-,21-,22+,23+,24-,25-,26+,27+/m1/s1. The van der Waals surface area contributed by atoms with Crippen LogP contribution in [-0.2, 0) is 15.9 Å². The Labute approximate surface area is 234 Å². The van der Waals surface area contributed by atoms with E-state index in [9.17, 15) is 51.1 Å². The molecule has 228 valence electrons. The van der Waals surface area contributed by atoms with Crippen LogP contribution in [0.4, 0.5) is 0 Å². The Balaban J connectivity index is 1.58. The number of aliphatic hydroxyl groups is 8. The van der Waals surface area contributed by atoms with Crippen LogP contribution < -0.4 is 9.47 Å². The van der Waals surface area contributed by atoms with E-state index in [1.807, 2.05) is 0 Å². The van der Waals surface area contributed by atoms with Crippen LogP contribution in [0.1, 0.15) is 22.3 Å². The van der Waals surface area contributed by atoms with Gasteiger partial charge in [-0.2, -0.15) is 0 Å². The third-order valence-corrected chi connectivity index (χ3v) is 7.30. The predicted molar refractivity (Wildman–Crippen MR) is 137 cm³/mol. The number of rotatable bonds is 8. The Bertz CT molecular complexity index is 1180. The molecule has 2 aromatic carbocycles. The van der Waals surface area contributed by atoms with E-state index >= 15 is 0 Å². The molecule has 0 aromatic heterocycles. The maximum atomic E-state index is 10.9. The molecule has 41 heavy (non-hydrogen) atoms. The minimum absolute atomic E-state index is 0.0407. The Morgan fingerprint density at radius 3 is 1.66 bits per heavy atom. The Kier molecular flexibility index (Phi) is 9.60. The zero-order chi connectivity index (χ0) is 30.2. The summed E-state index contributed by atoms with van der Waals surface area (Å²) in [6, 6.07) is 5.71. The molecule has 0 bridgehead atoms. The third-order valence-electron chi connectivity index (χ3n) is 7.30. The molecule has 2 fully saturated rings. The molecule has 14 heteroatoms. The summed E-state index contributed by atoms with van der Waals surface area (Å²) >= 11 is 0. The first-order chi connectivity index (χ1) is 19.4. The third kappa shape index (κ3) is 6.36. The number of aryl methyl sites for hydroxylation is 2. The fourth-order valence-electron chi connectivity index (χ4n) is 4.88. The molecule has 2 saturated heterocycles. The summed E-state index contributed by atoms with van der Waals surface area (Å²) in [6.45, 7) is 2.03. The maximum Gasteiger partial charge on any atom is 0.229 e. The molecule has 0 amide bonds. The zero-order valence-corrected chi connectivity index (χ0v) is 22.3. The average molecular weight is 585 g/mol. The van der Waals surface area contributed by atoms with Crippen LogP contribution in [0, 0.1) is 13.8 Å². The normalized spacial score (nSPS) is 33.9. The van der Waals surface area contributed by atoms with Crippen LogP contribution >= 0.6 is 0 Å². The lowest BCUT2D eigenvalue weighted by molar-refractivity contribution is -0.277. The quantitative estimate of drug-likeness (QED) is 0.157. The number of hydrogen-bond donors (Lipinski definition) is 10. The summed E-state index contributed by atoms with van der Waals surface area (Å²) in [5.41, 5.74) is 1.58. The van der Waals surface area contributed by atoms with E-state index in [1.165, 1.54) is 18.2 Å². The van der Waals surface area contributed by atoms with E-state index in [1.54, 1.807) is 19.9 Å². The number of aliphatic hydroxyl groups excluding tert-OH is 8. The fraction of sp³-hybridized carbons (Fsp3) is 0.556.